The normalized spacial score (nSPS) is 19.7. The number of rotatable bonds is 3. The minimum absolute atomic E-state index is 0.133. The Hall–Kier alpha value is -2.77. The van der Waals surface area contributed by atoms with Crippen LogP contribution in [0.15, 0.2) is 18.2 Å². The highest BCUT2D eigenvalue weighted by Crippen LogP contribution is 2.32. The number of urea groups is 1. The Kier molecular flexibility index (Phi) is 3.35. The monoisotopic (exact) mass is 291 g/mol. The lowest BCUT2D eigenvalue weighted by molar-refractivity contribution is -0.124. The van der Waals surface area contributed by atoms with Gasteiger partial charge in [-0.05, 0) is 12.1 Å². The molecule has 1 aromatic carbocycles. The van der Waals surface area contributed by atoms with E-state index >= 15 is 0 Å². The van der Waals surface area contributed by atoms with E-state index in [1.165, 1.54) is 0 Å². The number of carbonyl (C=O) groups excluding carboxylic acids is 3. The minimum atomic E-state index is -0.838. The summed E-state index contributed by atoms with van der Waals surface area (Å²) in [6.07, 6.45) is -0.133. The molecule has 0 aliphatic carbocycles. The lowest BCUT2D eigenvalue weighted by Gasteiger charge is -2.19. The van der Waals surface area contributed by atoms with Gasteiger partial charge in [0, 0.05) is 11.8 Å². The van der Waals surface area contributed by atoms with Crippen LogP contribution in [0.3, 0.4) is 0 Å². The molecule has 0 bridgehead atoms. The van der Waals surface area contributed by atoms with Crippen LogP contribution in [-0.4, -0.2) is 37.1 Å². The summed E-state index contributed by atoms with van der Waals surface area (Å²) in [5.74, 6) is 0.305. The van der Waals surface area contributed by atoms with E-state index in [9.17, 15) is 14.4 Å². The van der Waals surface area contributed by atoms with Crippen LogP contribution in [0, 0.1) is 0 Å². The molecule has 110 valence electrons. The Balaban J connectivity index is 1.62. The molecule has 2 heterocycles. The van der Waals surface area contributed by atoms with Crippen LogP contribution in [0.25, 0.3) is 0 Å². The number of hydrogen-bond donors (Lipinski definition) is 3. The fraction of sp³-hybridized carbons (Fsp3) is 0.308. The van der Waals surface area contributed by atoms with Crippen molar-refractivity contribution >= 4 is 23.5 Å². The second-order valence-corrected chi connectivity index (χ2v) is 4.63. The molecule has 0 saturated carbocycles. The minimum Gasteiger partial charge on any atom is -0.486 e. The Bertz CT molecular complexity index is 616. The third-order valence-electron chi connectivity index (χ3n) is 3.07. The number of anilines is 1. The lowest BCUT2D eigenvalue weighted by atomic mass is 10.2. The SMILES string of the molecule is O=C(CC1NC(=O)NC1=O)Nc1ccc2c(c1)OCCO2. The quantitative estimate of drug-likeness (QED) is 0.679. The van der Waals surface area contributed by atoms with E-state index in [0.29, 0.717) is 30.4 Å². The van der Waals surface area contributed by atoms with Crippen molar-refractivity contribution in [2.24, 2.45) is 0 Å². The smallest absolute Gasteiger partial charge is 0.322 e. The van der Waals surface area contributed by atoms with E-state index in [1.807, 2.05) is 0 Å². The summed E-state index contributed by atoms with van der Waals surface area (Å²) in [5, 5.41) is 7.09. The van der Waals surface area contributed by atoms with Gasteiger partial charge in [0.25, 0.3) is 5.91 Å². The maximum Gasteiger partial charge on any atom is 0.322 e. The van der Waals surface area contributed by atoms with Gasteiger partial charge >= 0.3 is 6.03 Å². The van der Waals surface area contributed by atoms with Crippen LogP contribution in [0.2, 0.25) is 0 Å². The zero-order chi connectivity index (χ0) is 14.8. The molecule has 8 nitrogen and oxygen atoms in total. The summed E-state index contributed by atoms with van der Waals surface area (Å²) < 4.78 is 10.8. The van der Waals surface area contributed by atoms with Crippen LogP contribution in [0.5, 0.6) is 11.5 Å². The first-order valence-corrected chi connectivity index (χ1v) is 6.43. The van der Waals surface area contributed by atoms with Gasteiger partial charge in [0.05, 0.1) is 6.42 Å². The largest absolute Gasteiger partial charge is 0.486 e. The highest BCUT2D eigenvalue weighted by molar-refractivity contribution is 6.06. The fourth-order valence-corrected chi connectivity index (χ4v) is 2.12. The molecule has 3 rings (SSSR count). The summed E-state index contributed by atoms with van der Waals surface area (Å²) >= 11 is 0. The van der Waals surface area contributed by atoms with Crippen LogP contribution >= 0.6 is 0 Å². The number of ether oxygens (including phenoxy) is 2. The van der Waals surface area contributed by atoms with Crippen LogP contribution in [0.1, 0.15) is 6.42 Å². The van der Waals surface area contributed by atoms with Crippen LogP contribution in [0.4, 0.5) is 10.5 Å². The molecular weight excluding hydrogens is 278 g/mol. The standard InChI is InChI=1S/C13H13N3O5/c17-11(6-8-12(18)16-13(19)15-8)14-7-1-2-9-10(5-7)21-4-3-20-9/h1-2,5,8H,3-4,6H2,(H,14,17)(H2,15,16,18,19). The van der Waals surface area contributed by atoms with Gasteiger partial charge in [-0.25, -0.2) is 4.79 Å². The highest BCUT2D eigenvalue weighted by Gasteiger charge is 2.31. The zero-order valence-corrected chi connectivity index (χ0v) is 11.0. The van der Waals surface area contributed by atoms with Gasteiger partial charge in [-0.2, -0.15) is 0 Å². The summed E-state index contributed by atoms with van der Waals surface area (Å²) in [4.78, 5) is 34.2. The van der Waals surface area contributed by atoms with E-state index < -0.39 is 18.0 Å². The van der Waals surface area contributed by atoms with E-state index in [2.05, 4.69) is 16.0 Å². The Labute approximate surface area is 119 Å². The molecular formula is C13H13N3O5. The van der Waals surface area contributed by atoms with Gasteiger partial charge < -0.3 is 20.1 Å². The molecule has 0 radical (unpaired) electrons. The van der Waals surface area contributed by atoms with Crippen molar-refractivity contribution in [1.29, 1.82) is 0 Å². The number of carbonyl (C=O) groups is 3. The summed E-state index contributed by atoms with van der Waals surface area (Å²) in [6.45, 7) is 0.952. The topological polar surface area (TPSA) is 106 Å². The van der Waals surface area contributed by atoms with Gasteiger partial charge in [-0.15, -0.1) is 0 Å². The molecule has 4 amide bonds. The lowest BCUT2D eigenvalue weighted by Crippen LogP contribution is -2.33. The first kappa shape index (κ1) is 13.2. The zero-order valence-electron chi connectivity index (χ0n) is 11.0. The summed E-state index contributed by atoms with van der Waals surface area (Å²) in [6, 6.07) is 3.61. The molecule has 2 aliphatic heterocycles. The Morgan fingerprint density at radius 1 is 1.24 bits per heavy atom. The second-order valence-electron chi connectivity index (χ2n) is 4.63. The first-order chi connectivity index (χ1) is 10.1. The van der Waals surface area contributed by atoms with Crippen molar-refractivity contribution in [3.63, 3.8) is 0 Å². The van der Waals surface area contributed by atoms with Crippen molar-refractivity contribution in [1.82, 2.24) is 10.6 Å². The molecule has 2 aliphatic rings. The number of amides is 4. The molecule has 0 spiro atoms. The van der Waals surface area contributed by atoms with Gasteiger partial charge in [0.1, 0.15) is 19.3 Å². The maximum absolute atomic E-state index is 11.9. The Morgan fingerprint density at radius 3 is 2.71 bits per heavy atom. The molecule has 1 unspecified atom stereocenters. The molecule has 1 atom stereocenters. The number of imide groups is 1. The van der Waals surface area contributed by atoms with Gasteiger partial charge in [0.2, 0.25) is 5.91 Å². The van der Waals surface area contributed by atoms with Crippen molar-refractivity contribution in [3.05, 3.63) is 18.2 Å². The highest BCUT2D eigenvalue weighted by atomic mass is 16.6. The molecule has 1 aromatic rings. The first-order valence-electron chi connectivity index (χ1n) is 6.43. The predicted octanol–water partition coefficient (Wildman–Crippen LogP) is -0.00560. The number of fused-ring (bicyclic) bond motifs is 1. The van der Waals surface area contributed by atoms with Crippen molar-refractivity contribution in [2.45, 2.75) is 12.5 Å². The number of nitrogens with one attached hydrogen (secondary N) is 3. The van der Waals surface area contributed by atoms with Gasteiger partial charge in [-0.3, -0.25) is 14.9 Å². The Morgan fingerprint density at radius 2 is 2.00 bits per heavy atom. The number of hydrogen-bond acceptors (Lipinski definition) is 5. The van der Waals surface area contributed by atoms with Crippen molar-refractivity contribution in [2.75, 3.05) is 18.5 Å². The number of benzene rings is 1. The van der Waals surface area contributed by atoms with E-state index in [4.69, 9.17) is 9.47 Å². The summed E-state index contributed by atoms with van der Waals surface area (Å²) in [7, 11) is 0. The molecule has 21 heavy (non-hydrogen) atoms. The fourth-order valence-electron chi connectivity index (χ4n) is 2.12. The van der Waals surface area contributed by atoms with Crippen LogP contribution < -0.4 is 25.4 Å². The molecule has 1 fully saturated rings. The predicted molar refractivity (Wildman–Crippen MR) is 71.1 cm³/mol. The average Bonchev–Trinajstić information content (AvgIpc) is 2.76. The third-order valence-corrected chi connectivity index (χ3v) is 3.07. The average molecular weight is 291 g/mol. The molecule has 8 heteroatoms. The second kappa shape index (κ2) is 5.31. The van der Waals surface area contributed by atoms with E-state index in [0.717, 1.165) is 0 Å². The maximum atomic E-state index is 11.9. The van der Waals surface area contributed by atoms with E-state index in [-0.39, 0.29) is 12.3 Å². The van der Waals surface area contributed by atoms with Crippen molar-refractivity contribution < 1.29 is 23.9 Å². The molecule has 1 saturated heterocycles. The third kappa shape index (κ3) is 2.88. The van der Waals surface area contributed by atoms with E-state index in [1.54, 1.807) is 18.2 Å². The molecule has 0 aromatic heterocycles. The van der Waals surface area contributed by atoms with Gasteiger partial charge in [-0.1, -0.05) is 0 Å². The molecule has 3 N–H and O–H groups in total. The summed E-state index contributed by atoms with van der Waals surface area (Å²) in [5.41, 5.74) is 0.536. The van der Waals surface area contributed by atoms with Gasteiger partial charge in [0.15, 0.2) is 11.5 Å². The van der Waals surface area contributed by atoms with Crippen LogP contribution in [-0.2, 0) is 9.59 Å². The van der Waals surface area contributed by atoms with Crippen molar-refractivity contribution in [3.8, 4) is 11.5 Å².